The first-order valence-corrected chi connectivity index (χ1v) is 11.6. The number of benzene rings is 2. The molecule has 0 radical (unpaired) electrons. The molecule has 2 aromatic carbocycles. The van der Waals surface area contributed by atoms with Gasteiger partial charge in [-0.05, 0) is 62.4 Å². The smallest absolute Gasteiger partial charge is 0.306 e. The maximum absolute atomic E-state index is 12.9. The Balaban J connectivity index is 1.41. The summed E-state index contributed by atoms with van der Waals surface area (Å²) in [6.07, 6.45) is 2.05. The second-order valence-corrected chi connectivity index (χ2v) is 9.38. The topological polar surface area (TPSA) is 99.5 Å². The van der Waals surface area contributed by atoms with E-state index in [0.29, 0.717) is 30.6 Å². The lowest BCUT2D eigenvalue weighted by Gasteiger charge is -2.34. The van der Waals surface area contributed by atoms with Gasteiger partial charge in [0.1, 0.15) is 6.61 Å². The third kappa shape index (κ3) is 7.45. The first-order valence-electron chi connectivity index (χ1n) is 11.6. The van der Waals surface area contributed by atoms with Crippen LogP contribution in [0.5, 0.6) is 0 Å². The second-order valence-electron chi connectivity index (χ2n) is 9.38. The summed E-state index contributed by atoms with van der Waals surface area (Å²) in [4.78, 5) is 39.4. The van der Waals surface area contributed by atoms with Gasteiger partial charge in [0, 0.05) is 37.0 Å². The van der Waals surface area contributed by atoms with Crippen molar-refractivity contribution in [2.45, 2.75) is 51.7 Å². The van der Waals surface area contributed by atoms with E-state index in [4.69, 9.17) is 10.00 Å². The van der Waals surface area contributed by atoms with E-state index >= 15 is 0 Å². The SMILES string of the molecule is CC(C)(CC(=O)N1CCC(CC(=O)OCc2ccccc2)CC1)NC(=O)c1ccc(C#N)cc1. The van der Waals surface area contributed by atoms with E-state index < -0.39 is 5.54 Å². The van der Waals surface area contributed by atoms with E-state index in [-0.39, 0.29) is 36.7 Å². The van der Waals surface area contributed by atoms with Crippen LogP contribution in [0.25, 0.3) is 0 Å². The molecule has 0 aliphatic carbocycles. The summed E-state index contributed by atoms with van der Waals surface area (Å²) in [5.41, 5.74) is 1.17. The van der Waals surface area contributed by atoms with Gasteiger partial charge in [-0.1, -0.05) is 30.3 Å². The molecular weight excluding hydrogens is 430 g/mol. The van der Waals surface area contributed by atoms with Crippen LogP contribution >= 0.6 is 0 Å². The van der Waals surface area contributed by atoms with Crippen LogP contribution in [0.2, 0.25) is 0 Å². The Kier molecular flexibility index (Phi) is 8.42. The van der Waals surface area contributed by atoms with Crippen LogP contribution in [-0.4, -0.2) is 41.3 Å². The van der Waals surface area contributed by atoms with Gasteiger partial charge < -0.3 is 15.0 Å². The highest BCUT2D eigenvalue weighted by Gasteiger charge is 2.30. The van der Waals surface area contributed by atoms with Gasteiger partial charge in [-0.15, -0.1) is 0 Å². The molecule has 34 heavy (non-hydrogen) atoms. The fourth-order valence-corrected chi connectivity index (χ4v) is 4.03. The summed E-state index contributed by atoms with van der Waals surface area (Å²) in [6, 6.07) is 18.0. The molecule has 1 fully saturated rings. The molecule has 1 saturated heterocycles. The van der Waals surface area contributed by atoms with Gasteiger partial charge in [0.2, 0.25) is 5.91 Å². The van der Waals surface area contributed by atoms with Crippen molar-refractivity contribution >= 4 is 17.8 Å². The van der Waals surface area contributed by atoms with E-state index in [9.17, 15) is 14.4 Å². The van der Waals surface area contributed by atoms with Gasteiger partial charge in [-0.2, -0.15) is 5.26 Å². The number of carbonyl (C=O) groups is 3. The van der Waals surface area contributed by atoms with E-state index in [1.165, 1.54) is 0 Å². The molecular formula is C27H31N3O4. The molecule has 1 aliphatic rings. The van der Waals surface area contributed by atoms with Gasteiger partial charge in [-0.3, -0.25) is 14.4 Å². The number of piperidine rings is 1. The molecule has 7 heteroatoms. The van der Waals surface area contributed by atoms with Gasteiger partial charge in [0.25, 0.3) is 5.91 Å². The number of rotatable bonds is 8. The molecule has 3 rings (SSSR count). The zero-order valence-electron chi connectivity index (χ0n) is 19.8. The number of ether oxygens (including phenoxy) is 1. The second kappa shape index (κ2) is 11.5. The normalized spacial score (nSPS) is 14.2. The van der Waals surface area contributed by atoms with Crippen LogP contribution in [0.15, 0.2) is 54.6 Å². The van der Waals surface area contributed by atoms with Crippen LogP contribution in [0.1, 0.15) is 61.0 Å². The number of carbonyl (C=O) groups excluding carboxylic acids is 3. The Labute approximate surface area is 200 Å². The van der Waals surface area contributed by atoms with Crippen molar-refractivity contribution in [3.63, 3.8) is 0 Å². The van der Waals surface area contributed by atoms with Gasteiger partial charge in [0.15, 0.2) is 0 Å². The fraction of sp³-hybridized carbons (Fsp3) is 0.407. The zero-order valence-corrected chi connectivity index (χ0v) is 19.8. The number of nitriles is 1. The summed E-state index contributed by atoms with van der Waals surface area (Å²) in [5, 5.41) is 11.8. The van der Waals surface area contributed by atoms with Gasteiger partial charge in [0.05, 0.1) is 11.6 Å². The Morgan fingerprint density at radius 3 is 2.32 bits per heavy atom. The lowest BCUT2D eigenvalue weighted by atomic mass is 9.92. The van der Waals surface area contributed by atoms with Crippen molar-refractivity contribution in [3.8, 4) is 6.07 Å². The van der Waals surface area contributed by atoms with Crippen LogP contribution < -0.4 is 5.32 Å². The van der Waals surface area contributed by atoms with Crippen molar-refractivity contribution in [1.82, 2.24) is 10.2 Å². The summed E-state index contributed by atoms with van der Waals surface area (Å²) in [7, 11) is 0. The first kappa shape index (κ1) is 25.0. The van der Waals surface area contributed by atoms with E-state index in [1.54, 1.807) is 29.2 Å². The van der Waals surface area contributed by atoms with Crippen molar-refractivity contribution in [2.75, 3.05) is 13.1 Å². The molecule has 0 atom stereocenters. The maximum atomic E-state index is 12.9. The van der Waals surface area contributed by atoms with Crippen LogP contribution in [0, 0.1) is 17.2 Å². The lowest BCUT2D eigenvalue weighted by Crippen LogP contribution is -2.49. The molecule has 7 nitrogen and oxygen atoms in total. The third-order valence-electron chi connectivity index (χ3n) is 5.99. The van der Waals surface area contributed by atoms with Crippen molar-refractivity contribution in [3.05, 3.63) is 71.3 Å². The summed E-state index contributed by atoms with van der Waals surface area (Å²) < 4.78 is 5.38. The van der Waals surface area contributed by atoms with Gasteiger partial charge >= 0.3 is 5.97 Å². The molecule has 0 spiro atoms. The number of amides is 2. The minimum atomic E-state index is -0.722. The van der Waals surface area contributed by atoms with E-state index in [1.807, 2.05) is 50.2 Å². The summed E-state index contributed by atoms with van der Waals surface area (Å²) >= 11 is 0. The number of nitrogens with zero attached hydrogens (tertiary/aromatic N) is 2. The van der Waals surface area contributed by atoms with Crippen LogP contribution in [0.3, 0.4) is 0 Å². The molecule has 0 aromatic heterocycles. The first-order chi connectivity index (χ1) is 16.3. The highest BCUT2D eigenvalue weighted by atomic mass is 16.5. The molecule has 2 aromatic rings. The average Bonchev–Trinajstić information content (AvgIpc) is 2.83. The summed E-state index contributed by atoms with van der Waals surface area (Å²) in [5.74, 6) is -0.304. The Bertz CT molecular complexity index is 1030. The Hall–Kier alpha value is -3.66. The number of hydrogen-bond donors (Lipinski definition) is 1. The third-order valence-corrected chi connectivity index (χ3v) is 5.99. The highest BCUT2D eigenvalue weighted by Crippen LogP contribution is 2.23. The number of hydrogen-bond acceptors (Lipinski definition) is 5. The van der Waals surface area contributed by atoms with E-state index in [0.717, 1.165) is 18.4 Å². The van der Waals surface area contributed by atoms with Crippen molar-refractivity contribution < 1.29 is 19.1 Å². The van der Waals surface area contributed by atoms with Crippen LogP contribution in [-0.2, 0) is 20.9 Å². The zero-order chi connectivity index (χ0) is 24.6. The molecule has 1 heterocycles. The summed E-state index contributed by atoms with van der Waals surface area (Å²) in [6.45, 7) is 5.11. The predicted octanol–water partition coefficient (Wildman–Crippen LogP) is 3.83. The molecule has 0 saturated carbocycles. The largest absolute Gasteiger partial charge is 0.461 e. The Morgan fingerprint density at radius 2 is 1.71 bits per heavy atom. The van der Waals surface area contributed by atoms with Gasteiger partial charge in [-0.25, -0.2) is 0 Å². The quantitative estimate of drug-likeness (QED) is 0.603. The van der Waals surface area contributed by atoms with E-state index in [2.05, 4.69) is 5.32 Å². The minimum Gasteiger partial charge on any atom is -0.461 e. The number of nitrogens with one attached hydrogen (secondary N) is 1. The average molecular weight is 462 g/mol. The number of likely N-dealkylation sites (tertiary alicyclic amines) is 1. The van der Waals surface area contributed by atoms with Crippen molar-refractivity contribution in [2.24, 2.45) is 5.92 Å². The standard InChI is InChI=1S/C27H31N3O4/c1-27(2,29-26(33)23-10-8-21(18-28)9-11-23)17-24(31)30-14-12-20(13-15-30)16-25(32)34-19-22-6-4-3-5-7-22/h3-11,20H,12-17,19H2,1-2H3,(H,29,33). The molecule has 178 valence electrons. The molecule has 2 amide bonds. The number of esters is 1. The predicted molar refractivity (Wildman–Crippen MR) is 127 cm³/mol. The minimum absolute atomic E-state index is 0.0183. The molecule has 1 N–H and O–H groups in total. The molecule has 0 unspecified atom stereocenters. The lowest BCUT2D eigenvalue weighted by molar-refractivity contribution is -0.146. The fourth-order valence-electron chi connectivity index (χ4n) is 4.03. The molecule has 1 aliphatic heterocycles. The molecule has 0 bridgehead atoms. The van der Waals surface area contributed by atoms with Crippen molar-refractivity contribution in [1.29, 1.82) is 5.26 Å². The highest BCUT2D eigenvalue weighted by molar-refractivity contribution is 5.95. The monoisotopic (exact) mass is 461 g/mol. The Morgan fingerprint density at radius 1 is 1.06 bits per heavy atom. The maximum Gasteiger partial charge on any atom is 0.306 e. The van der Waals surface area contributed by atoms with Crippen LogP contribution in [0.4, 0.5) is 0 Å².